The Hall–Kier alpha value is -3.36. The summed E-state index contributed by atoms with van der Waals surface area (Å²) in [5.41, 5.74) is 2.79. The molecule has 4 aromatic rings. The first-order chi connectivity index (χ1) is 15.1. The van der Waals surface area contributed by atoms with Crippen LogP contribution in [-0.2, 0) is 0 Å². The van der Waals surface area contributed by atoms with Crippen molar-refractivity contribution >= 4 is 45.5 Å². The number of halogens is 1. The van der Waals surface area contributed by atoms with Gasteiger partial charge in [0.15, 0.2) is 10.9 Å². The number of anilines is 4. The van der Waals surface area contributed by atoms with Gasteiger partial charge in [0.05, 0.1) is 31.0 Å². The van der Waals surface area contributed by atoms with Crippen molar-refractivity contribution < 1.29 is 9.47 Å². The number of benzene rings is 2. The Kier molecular flexibility index (Phi) is 6.20. The average Bonchev–Trinajstić information content (AvgIpc) is 3.16. The van der Waals surface area contributed by atoms with E-state index in [1.54, 1.807) is 20.4 Å². The van der Waals surface area contributed by atoms with Crippen LogP contribution in [0.1, 0.15) is 5.69 Å². The number of ether oxygens (including phenoxy) is 2. The highest BCUT2D eigenvalue weighted by Gasteiger charge is 2.13. The van der Waals surface area contributed by atoms with Gasteiger partial charge in [-0.05, 0) is 48.9 Å². The Morgan fingerprint density at radius 1 is 0.935 bits per heavy atom. The molecule has 0 aliphatic heterocycles. The van der Waals surface area contributed by atoms with Crippen molar-refractivity contribution in [3.8, 4) is 21.9 Å². The van der Waals surface area contributed by atoms with Gasteiger partial charge in [-0.2, -0.15) is 4.98 Å². The quantitative estimate of drug-likeness (QED) is 0.351. The Morgan fingerprint density at radius 2 is 1.71 bits per heavy atom. The molecule has 4 rings (SSSR count). The van der Waals surface area contributed by atoms with Gasteiger partial charge in [0.1, 0.15) is 16.5 Å². The number of methoxy groups -OCH3 is 2. The molecule has 0 saturated carbocycles. The van der Waals surface area contributed by atoms with Crippen LogP contribution < -0.4 is 20.1 Å². The lowest BCUT2D eigenvalue weighted by molar-refractivity contribution is 0.415. The summed E-state index contributed by atoms with van der Waals surface area (Å²) in [6, 6.07) is 15.4. The first-order valence-electron chi connectivity index (χ1n) is 9.38. The lowest BCUT2D eigenvalue weighted by Gasteiger charge is -2.10. The van der Waals surface area contributed by atoms with Crippen LogP contribution in [0.3, 0.4) is 0 Å². The maximum absolute atomic E-state index is 6.29. The van der Waals surface area contributed by atoms with Crippen molar-refractivity contribution in [3.05, 3.63) is 65.4 Å². The molecule has 2 heterocycles. The fourth-order valence-corrected chi connectivity index (χ4v) is 4.01. The highest BCUT2D eigenvalue weighted by Crippen LogP contribution is 2.35. The molecule has 7 nitrogen and oxygen atoms in total. The molecule has 9 heteroatoms. The number of nitrogens with one attached hydrogen (secondary N) is 2. The van der Waals surface area contributed by atoms with Crippen molar-refractivity contribution in [2.45, 2.75) is 6.92 Å². The van der Waals surface area contributed by atoms with E-state index in [9.17, 15) is 0 Å². The van der Waals surface area contributed by atoms with Gasteiger partial charge in [0, 0.05) is 11.8 Å². The predicted octanol–water partition coefficient (Wildman–Crippen LogP) is 6.07. The number of aryl methyl sites for hydroxylation is 1. The van der Waals surface area contributed by atoms with Crippen LogP contribution in [0, 0.1) is 6.92 Å². The van der Waals surface area contributed by atoms with E-state index in [0.29, 0.717) is 21.9 Å². The third kappa shape index (κ3) is 4.87. The smallest absolute Gasteiger partial charge is 0.231 e. The second-order valence-corrected chi connectivity index (χ2v) is 7.94. The van der Waals surface area contributed by atoms with Crippen molar-refractivity contribution in [2.24, 2.45) is 0 Å². The third-order valence-electron chi connectivity index (χ3n) is 4.44. The molecule has 0 amide bonds. The van der Waals surface area contributed by atoms with E-state index in [-0.39, 0.29) is 0 Å². The molecule has 0 bridgehead atoms. The predicted molar refractivity (Wildman–Crippen MR) is 125 cm³/mol. The second-order valence-electron chi connectivity index (χ2n) is 6.53. The van der Waals surface area contributed by atoms with E-state index in [1.165, 1.54) is 11.3 Å². The zero-order valence-electron chi connectivity index (χ0n) is 17.1. The first kappa shape index (κ1) is 20.9. The van der Waals surface area contributed by atoms with Crippen molar-refractivity contribution in [3.63, 3.8) is 0 Å². The number of rotatable bonds is 7. The minimum absolute atomic E-state index is 0.393. The van der Waals surface area contributed by atoms with Crippen LogP contribution in [0.4, 0.5) is 22.6 Å². The number of thiazole rings is 1. The molecule has 158 valence electrons. The standard InChI is InChI=1S/C22H20ClN5O2S/c1-13-19(14-7-9-16(29-2)10-8-14)31-22(25-13)28-21-24-12-18(23)20(27-21)26-15-5-4-6-17(11-15)30-3/h4-12H,1-3H3,(H2,24,25,26,27,28). The van der Waals surface area contributed by atoms with E-state index < -0.39 is 0 Å². The molecule has 0 aliphatic rings. The summed E-state index contributed by atoms with van der Waals surface area (Å²) in [6.45, 7) is 1.97. The molecule has 0 radical (unpaired) electrons. The number of hydrogen-bond acceptors (Lipinski definition) is 8. The third-order valence-corrected chi connectivity index (χ3v) is 5.84. The molecule has 0 atom stereocenters. The van der Waals surface area contributed by atoms with Crippen LogP contribution in [0.15, 0.2) is 54.7 Å². The van der Waals surface area contributed by atoms with Gasteiger partial charge < -0.3 is 14.8 Å². The fourth-order valence-electron chi connectivity index (χ4n) is 2.91. The van der Waals surface area contributed by atoms with Crippen LogP contribution in [0.2, 0.25) is 5.02 Å². The first-order valence-corrected chi connectivity index (χ1v) is 10.6. The summed E-state index contributed by atoms with van der Waals surface area (Å²) >= 11 is 7.81. The molecule has 0 spiro atoms. The topological polar surface area (TPSA) is 81.2 Å². The lowest BCUT2D eigenvalue weighted by atomic mass is 10.1. The van der Waals surface area contributed by atoms with Crippen molar-refractivity contribution in [2.75, 3.05) is 24.9 Å². The Bertz CT molecular complexity index is 1200. The van der Waals surface area contributed by atoms with Gasteiger partial charge >= 0.3 is 0 Å². The van der Waals surface area contributed by atoms with Gasteiger partial charge in [0.25, 0.3) is 0 Å². The molecule has 0 fully saturated rings. The van der Waals surface area contributed by atoms with Crippen LogP contribution in [0.25, 0.3) is 10.4 Å². The summed E-state index contributed by atoms with van der Waals surface area (Å²) in [6.07, 6.45) is 1.55. The van der Waals surface area contributed by atoms with Crippen molar-refractivity contribution in [1.29, 1.82) is 0 Å². The summed E-state index contributed by atoms with van der Waals surface area (Å²) in [5.74, 6) is 2.42. The Balaban J connectivity index is 1.55. The Morgan fingerprint density at radius 3 is 2.45 bits per heavy atom. The number of hydrogen-bond donors (Lipinski definition) is 2. The zero-order chi connectivity index (χ0) is 21.8. The second kappa shape index (κ2) is 9.20. The zero-order valence-corrected chi connectivity index (χ0v) is 18.7. The van der Waals surface area contributed by atoms with E-state index in [1.807, 2.05) is 55.5 Å². The maximum atomic E-state index is 6.29. The monoisotopic (exact) mass is 453 g/mol. The van der Waals surface area contributed by atoms with E-state index in [2.05, 4.69) is 25.6 Å². The Labute approximate surface area is 189 Å². The molecule has 31 heavy (non-hydrogen) atoms. The fraction of sp³-hybridized carbons (Fsp3) is 0.136. The summed E-state index contributed by atoms with van der Waals surface area (Å²) in [7, 11) is 3.27. The molecule has 2 aromatic heterocycles. The van der Waals surface area contributed by atoms with Crippen molar-refractivity contribution in [1.82, 2.24) is 15.0 Å². The van der Waals surface area contributed by atoms with Gasteiger partial charge in [-0.3, -0.25) is 5.32 Å². The van der Waals surface area contributed by atoms with Crippen LogP contribution in [-0.4, -0.2) is 29.2 Å². The van der Waals surface area contributed by atoms with E-state index in [4.69, 9.17) is 21.1 Å². The highest BCUT2D eigenvalue weighted by atomic mass is 35.5. The summed E-state index contributed by atoms with van der Waals surface area (Å²) in [5, 5.41) is 7.46. The van der Waals surface area contributed by atoms with Gasteiger partial charge in [-0.1, -0.05) is 29.0 Å². The molecular formula is C22H20ClN5O2S. The molecule has 0 aliphatic carbocycles. The molecule has 0 unspecified atom stereocenters. The van der Waals surface area contributed by atoms with Gasteiger partial charge in [-0.15, -0.1) is 0 Å². The van der Waals surface area contributed by atoms with E-state index in [0.717, 1.165) is 33.3 Å². The summed E-state index contributed by atoms with van der Waals surface area (Å²) < 4.78 is 10.5. The van der Waals surface area contributed by atoms with Crippen LogP contribution >= 0.6 is 22.9 Å². The highest BCUT2D eigenvalue weighted by molar-refractivity contribution is 7.19. The van der Waals surface area contributed by atoms with Gasteiger partial charge in [-0.25, -0.2) is 9.97 Å². The number of nitrogens with zero attached hydrogens (tertiary/aromatic N) is 3. The molecule has 0 saturated heterocycles. The SMILES string of the molecule is COc1ccc(-c2sc(Nc3ncc(Cl)c(Nc4cccc(OC)c4)n3)nc2C)cc1. The minimum atomic E-state index is 0.393. The average molecular weight is 454 g/mol. The van der Waals surface area contributed by atoms with E-state index >= 15 is 0 Å². The minimum Gasteiger partial charge on any atom is -0.497 e. The normalized spacial score (nSPS) is 10.6. The van der Waals surface area contributed by atoms with Gasteiger partial charge in [0.2, 0.25) is 5.95 Å². The summed E-state index contributed by atoms with van der Waals surface area (Å²) in [4.78, 5) is 14.4. The number of aromatic nitrogens is 3. The maximum Gasteiger partial charge on any atom is 0.231 e. The lowest BCUT2D eigenvalue weighted by Crippen LogP contribution is -2.01. The largest absolute Gasteiger partial charge is 0.497 e. The molecular weight excluding hydrogens is 434 g/mol. The molecule has 2 N–H and O–H groups in total. The molecule has 2 aromatic carbocycles. The van der Waals surface area contributed by atoms with Crippen LogP contribution in [0.5, 0.6) is 11.5 Å².